The maximum absolute atomic E-state index is 12.4. The number of halogens is 2. The summed E-state index contributed by atoms with van der Waals surface area (Å²) in [6.07, 6.45) is 0. The van der Waals surface area contributed by atoms with Crippen molar-refractivity contribution in [3.63, 3.8) is 0 Å². The van der Waals surface area contributed by atoms with E-state index in [1.54, 1.807) is 49.4 Å². The van der Waals surface area contributed by atoms with Crippen LogP contribution in [0.2, 0.25) is 10.0 Å². The van der Waals surface area contributed by atoms with Gasteiger partial charge in [0, 0.05) is 21.3 Å². The third-order valence-electron chi connectivity index (χ3n) is 3.37. The molecule has 0 aliphatic heterocycles. The van der Waals surface area contributed by atoms with Crippen molar-refractivity contribution >= 4 is 34.8 Å². The topological polar surface area (TPSA) is 42.2 Å². The molecule has 23 heavy (non-hydrogen) atoms. The monoisotopic (exact) mass is 345 g/mol. The van der Waals surface area contributed by atoms with Crippen LogP contribution in [-0.2, 0) is 0 Å². The van der Waals surface area contributed by atoms with E-state index in [4.69, 9.17) is 27.6 Å². The maximum atomic E-state index is 12.4. The third-order valence-corrected chi connectivity index (χ3v) is 3.86. The molecule has 0 atom stereocenters. The largest absolute Gasteiger partial charge is 0.461 e. The SMILES string of the molecule is Cc1oc(-c2ccc(Cl)cc2)cc1C(=O)Nc1cccc(Cl)c1. The number of nitrogens with one attached hydrogen (secondary N) is 1. The maximum Gasteiger partial charge on any atom is 0.259 e. The molecule has 0 aliphatic carbocycles. The first-order valence-electron chi connectivity index (χ1n) is 6.96. The van der Waals surface area contributed by atoms with Crippen molar-refractivity contribution in [3.8, 4) is 11.3 Å². The van der Waals surface area contributed by atoms with E-state index >= 15 is 0 Å². The molecule has 3 aromatic rings. The first-order chi connectivity index (χ1) is 11.0. The molecule has 2 aromatic carbocycles. The number of carbonyl (C=O) groups is 1. The van der Waals surface area contributed by atoms with Crippen LogP contribution in [0.5, 0.6) is 0 Å². The molecule has 0 unspecified atom stereocenters. The van der Waals surface area contributed by atoms with E-state index in [1.807, 2.05) is 12.1 Å². The smallest absolute Gasteiger partial charge is 0.259 e. The van der Waals surface area contributed by atoms with Gasteiger partial charge in [0.2, 0.25) is 0 Å². The van der Waals surface area contributed by atoms with E-state index in [1.165, 1.54) is 0 Å². The fourth-order valence-electron chi connectivity index (χ4n) is 2.23. The number of furan rings is 1. The first kappa shape index (κ1) is 15.7. The van der Waals surface area contributed by atoms with Crippen LogP contribution in [0.15, 0.2) is 59.0 Å². The van der Waals surface area contributed by atoms with Crippen molar-refractivity contribution in [3.05, 3.63) is 76.0 Å². The van der Waals surface area contributed by atoms with Crippen LogP contribution in [0, 0.1) is 6.92 Å². The van der Waals surface area contributed by atoms with Gasteiger partial charge in [0.1, 0.15) is 11.5 Å². The zero-order chi connectivity index (χ0) is 16.4. The molecule has 0 spiro atoms. The van der Waals surface area contributed by atoms with Gasteiger partial charge in [-0.15, -0.1) is 0 Å². The Kier molecular flexibility index (Phi) is 4.42. The van der Waals surface area contributed by atoms with Crippen LogP contribution >= 0.6 is 23.2 Å². The van der Waals surface area contributed by atoms with Gasteiger partial charge in [-0.3, -0.25) is 4.79 Å². The Bertz CT molecular complexity index is 854. The van der Waals surface area contributed by atoms with Crippen molar-refractivity contribution in [2.24, 2.45) is 0 Å². The fourth-order valence-corrected chi connectivity index (χ4v) is 2.54. The summed E-state index contributed by atoms with van der Waals surface area (Å²) in [6.45, 7) is 1.76. The van der Waals surface area contributed by atoms with Gasteiger partial charge in [-0.05, 0) is 55.5 Å². The van der Waals surface area contributed by atoms with Gasteiger partial charge in [0.05, 0.1) is 5.56 Å². The summed E-state index contributed by atoms with van der Waals surface area (Å²) in [5.41, 5.74) is 1.98. The van der Waals surface area contributed by atoms with E-state index in [-0.39, 0.29) is 5.91 Å². The molecule has 0 bridgehead atoms. The second-order valence-corrected chi connectivity index (χ2v) is 5.92. The summed E-state index contributed by atoms with van der Waals surface area (Å²) < 4.78 is 5.69. The molecule has 1 heterocycles. The lowest BCUT2D eigenvalue weighted by Crippen LogP contribution is -2.11. The second-order valence-electron chi connectivity index (χ2n) is 5.05. The molecule has 5 heteroatoms. The Balaban J connectivity index is 1.85. The summed E-state index contributed by atoms with van der Waals surface area (Å²) in [5.74, 6) is 0.929. The van der Waals surface area contributed by atoms with Gasteiger partial charge < -0.3 is 9.73 Å². The van der Waals surface area contributed by atoms with E-state index in [9.17, 15) is 4.79 Å². The average Bonchev–Trinajstić information content (AvgIpc) is 2.90. The molecule has 0 aliphatic rings. The lowest BCUT2D eigenvalue weighted by molar-refractivity contribution is 0.102. The highest BCUT2D eigenvalue weighted by molar-refractivity contribution is 6.31. The van der Waals surface area contributed by atoms with Crippen molar-refractivity contribution in [1.82, 2.24) is 0 Å². The summed E-state index contributed by atoms with van der Waals surface area (Å²) in [7, 11) is 0. The zero-order valence-electron chi connectivity index (χ0n) is 12.3. The van der Waals surface area contributed by atoms with Gasteiger partial charge in [0.25, 0.3) is 5.91 Å². The van der Waals surface area contributed by atoms with Gasteiger partial charge in [-0.2, -0.15) is 0 Å². The van der Waals surface area contributed by atoms with Crippen LogP contribution in [0.1, 0.15) is 16.1 Å². The molecule has 3 nitrogen and oxygen atoms in total. The Morgan fingerprint density at radius 1 is 1.00 bits per heavy atom. The highest BCUT2D eigenvalue weighted by Crippen LogP contribution is 2.27. The average molecular weight is 346 g/mol. The predicted octanol–water partition coefficient (Wildman–Crippen LogP) is 5.81. The number of hydrogen-bond donors (Lipinski definition) is 1. The summed E-state index contributed by atoms with van der Waals surface area (Å²) >= 11 is 11.8. The number of carbonyl (C=O) groups excluding carboxylic acids is 1. The summed E-state index contributed by atoms with van der Waals surface area (Å²) in [5, 5.41) is 4.02. The van der Waals surface area contributed by atoms with Crippen LogP contribution in [-0.4, -0.2) is 5.91 Å². The van der Waals surface area contributed by atoms with E-state index in [2.05, 4.69) is 5.32 Å². The highest BCUT2D eigenvalue weighted by atomic mass is 35.5. The Labute approximate surface area is 143 Å². The molecule has 0 fully saturated rings. The number of aryl methyl sites for hydroxylation is 1. The van der Waals surface area contributed by atoms with Crippen molar-refractivity contribution < 1.29 is 9.21 Å². The van der Waals surface area contributed by atoms with Crippen LogP contribution < -0.4 is 5.32 Å². The van der Waals surface area contributed by atoms with Gasteiger partial charge in [0.15, 0.2) is 0 Å². The Morgan fingerprint density at radius 3 is 2.43 bits per heavy atom. The van der Waals surface area contributed by atoms with E-state index in [0.29, 0.717) is 32.8 Å². The van der Waals surface area contributed by atoms with Gasteiger partial charge in [-0.25, -0.2) is 0 Å². The lowest BCUT2D eigenvalue weighted by Gasteiger charge is -2.04. The molecule has 116 valence electrons. The molecular weight excluding hydrogens is 333 g/mol. The normalized spacial score (nSPS) is 10.6. The summed E-state index contributed by atoms with van der Waals surface area (Å²) in [4.78, 5) is 12.4. The molecule has 3 rings (SSSR count). The molecule has 1 amide bonds. The molecular formula is C18H13Cl2NO2. The second kappa shape index (κ2) is 6.49. The van der Waals surface area contributed by atoms with E-state index in [0.717, 1.165) is 5.56 Å². The van der Waals surface area contributed by atoms with Crippen molar-refractivity contribution in [2.75, 3.05) is 5.32 Å². The fraction of sp³-hybridized carbons (Fsp3) is 0.0556. The zero-order valence-corrected chi connectivity index (χ0v) is 13.8. The van der Waals surface area contributed by atoms with Crippen molar-refractivity contribution in [1.29, 1.82) is 0 Å². The van der Waals surface area contributed by atoms with Crippen LogP contribution in [0.25, 0.3) is 11.3 Å². The Hall–Kier alpha value is -2.23. The minimum Gasteiger partial charge on any atom is -0.461 e. The molecule has 1 N–H and O–H groups in total. The lowest BCUT2D eigenvalue weighted by atomic mass is 10.1. The first-order valence-corrected chi connectivity index (χ1v) is 7.72. The molecule has 0 radical (unpaired) electrons. The molecule has 1 aromatic heterocycles. The standard InChI is InChI=1S/C18H13Cl2NO2/c1-11-16(18(22)21-15-4-2-3-14(20)9-15)10-17(23-11)12-5-7-13(19)8-6-12/h2-10H,1H3,(H,21,22). The van der Waals surface area contributed by atoms with Gasteiger partial charge >= 0.3 is 0 Å². The number of anilines is 1. The minimum absolute atomic E-state index is 0.242. The predicted molar refractivity (Wildman–Crippen MR) is 93.3 cm³/mol. The number of rotatable bonds is 3. The molecule has 0 saturated heterocycles. The molecule has 0 saturated carbocycles. The Morgan fingerprint density at radius 2 is 1.74 bits per heavy atom. The summed E-state index contributed by atoms with van der Waals surface area (Å²) in [6, 6.07) is 16.0. The number of amides is 1. The van der Waals surface area contributed by atoms with Crippen LogP contribution in [0.3, 0.4) is 0 Å². The minimum atomic E-state index is -0.242. The third kappa shape index (κ3) is 3.58. The quantitative estimate of drug-likeness (QED) is 0.650. The number of hydrogen-bond acceptors (Lipinski definition) is 2. The van der Waals surface area contributed by atoms with Gasteiger partial charge in [-0.1, -0.05) is 29.3 Å². The van der Waals surface area contributed by atoms with E-state index < -0.39 is 0 Å². The highest BCUT2D eigenvalue weighted by Gasteiger charge is 2.16. The van der Waals surface area contributed by atoms with Crippen LogP contribution in [0.4, 0.5) is 5.69 Å². The van der Waals surface area contributed by atoms with Crippen molar-refractivity contribution in [2.45, 2.75) is 6.92 Å². The number of benzene rings is 2.